The number of benzene rings is 2. The summed E-state index contributed by atoms with van der Waals surface area (Å²) in [4.78, 5) is 29.9. The van der Waals surface area contributed by atoms with Crippen LogP contribution in [0.5, 0.6) is 5.75 Å². The molecule has 1 N–H and O–H groups in total. The third-order valence-electron chi connectivity index (χ3n) is 5.02. The number of hydrogen-bond acceptors (Lipinski definition) is 4. The molecule has 1 aliphatic heterocycles. The first kappa shape index (κ1) is 19.0. The van der Waals surface area contributed by atoms with Crippen LogP contribution in [0.25, 0.3) is 11.0 Å². The molecule has 0 atom stereocenters. The third kappa shape index (κ3) is 4.56. The molecule has 1 aromatic heterocycles. The van der Waals surface area contributed by atoms with Crippen molar-refractivity contribution in [1.29, 1.82) is 0 Å². The number of carbonyl (C=O) groups excluding carboxylic acids is 2. The molecule has 0 radical (unpaired) electrons. The van der Waals surface area contributed by atoms with Gasteiger partial charge in [0.1, 0.15) is 5.75 Å². The number of aromatic nitrogens is 2. The van der Waals surface area contributed by atoms with E-state index in [1.54, 1.807) is 17.0 Å². The standard InChI is InChI=1S/C22H24N4O3/c27-21(23-12-4-13-25-16-24-19-5-1-2-6-20(19)25)15-29-18-10-8-17(9-11-18)26-14-3-7-22(26)28/h1-2,5-6,8-11,16H,3-4,7,12-15H2,(H,23,27). The van der Waals surface area contributed by atoms with Crippen LogP contribution in [-0.4, -0.2) is 41.1 Å². The lowest BCUT2D eigenvalue weighted by molar-refractivity contribution is -0.123. The number of imidazole rings is 1. The Balaban J connectivity index is 1.18. The van der Waals surface area contributed by atoms with Gasteiger partial charge < -0.3 is 19.5 Å². The van der Waals surface area contributed by atoms with Crippen molar-refractivity contribution in [3.8, 4) is 5.75 Å². The predicted molar refractivity (Wildman–Crippen MR) is 111 cm³/mol. The maximum absolute atomic E-state index is 12.0. The summed E-state index contributed by atoms with van der Waals surface area (Å²) in [5.74, 6) is 0.612. The highest BCUT2D eigenvalue weighted by Crippen LogP contribution is 2.23. The predicted octanol–water partition coefficient (Wildman–Crippen LogP) is 2.75. The molecular weight excluding hydrogens is 368 g/mol. The number of hydrogen-bond donors (Lipinski definition) is 1. The highest BCUT2D eigenvalue weighted by Gasteiger charge is 2.21. The molecule has 0 aliphatic carbocycles. The van der Waals surface area contributed by atoms with Crippen LogP contribution in [0.3, 0.4) is 0 Å². The highest BCUT2D eigenvalue weighted by molar-refractivity contribution is 5.95. The highest BCUT2D eigenvalue weighted by atomic mass is 16.5. The SMILES string of the molecule is O=C(COc1ccc(N2CCCC2=O)cc1)NCCCn1cnc2ccccc21. The number of anilines is 1. The fourth-order valence-electron chi connectivity index (χ4n) is 3.51. The smallest absolute Gasteiger partial charge is 0.257 e. The summed E-state index contributed by atoms with van der Waals surface area (Å²) in [6.45, 7) is 2.09. The van der Waals surface area contributed by atoms with Crippen molar-refractivity contribution in [3.63, 3.8) is 0 Å². The summed E-state index contributed by atoms with van der Waals surface area (Å²) in [7, 11) is 0. The number of nitrogens with one attached hydrogen (secondary N) is 1. The first-order valence-electron chi connectivity index (χ1n) is 9.90. The Labute approximate surface area is 169 Å². The van der Waals surface area contributed by atoms with Crippen molar-refractivity contribution in [2.45, 2.75) is 25.8 Å². The van der Waals surface area contributed by atoms with Crippen LogP contribution in [0.1, 0.15) is 19.3 Å². The average Bonchev–Trinajstić information content (AvgIpc) is 3.36. The van der Waals surface area contributed by atoms with Gasteiger partial charge in [0, 0.05) is 31.7 Å². The molecule has 1 saturated heterocycles. The molecule has 0 spiro atoms. The van der Waals surface area contributed by atoms with Crippen molar-refractivity contribution in [2.75, 3.05) is 24.6 Å². The molecule has 2 amide bonds. The number of carbonyl (C=O) groups is 2. The number of aryl methyl sites for hydroxylation is 1. The molecule has 3 aromatic rings. The third-order valence-corrected chi connectivity index (χ3v) is 5.02. The fraction of sp³-hybridized carbons (Fsp3) is 0.318. The first-order chi connectivity index (χ1) is 14.2. The van der Waals surface area contributed by atoms with E-state index in [9.17, 15) is 9.59 Å². The Morgan fingerprint density at radius 1 is 1.14 bits per heavy atom. The monoisotopic (exact) mass is 392 g/mol. The van der Waals surface area contributed by atoms with E-state index in [1.807, 2.05) is 42.7 Å². The van der Waals surface area contributed by atoms with Gasteiger partial charge in [-0.3, -0.25) is 9.59 Å². The molecule has 29 heavy (non-hydrogen) atoms. The lowest BCUT2D eigenvalue weighted by Gasteiger charge is -2.16. The van der Waals surface area contributed by atoms with Gasteiger partial charge in [-0.2, -0.15) is 0 Å². The number of para-hydroxylation sites is 2. The summed E-state index contributed by atoms with van der Waals surface area (Å²) >= 11 is 0. The van der Waals surface area contributed by atoms with Crippen molar-refractivity contribution in [3.05, 3.63) is 54.9 Å². The Morgan fingerprint density at radius 3 is 2.76 bits per heavy atom. The average molecular weight is 392 g/mol. The molecule has 0 bridgehead atoms. The summed E-state index contributed by atoms with van der Waals surface area (Å²) in [6, 6.07) is 15.3. The second-order valence-corrected chi connectivity index (χ2v) is 7.06. The molecule has 1 fully saturated rings. The topological polar surface area (TPSA) is 76.5 Å². The number of nitrogens with zero attached hydrogens (tertiary/aromatic N) is 3. The lowest BCUT2D eigenvalue weighted by atomic mass is 10.3. The van der Waals surface area contributed by atoms with Gasteiger partial charge >= 0.3 is 0 Å². The van der Waals surface area contributed by atoms with Gasteiger partial charge in [-0.25, -0.2) is 4.98 Å². The second kappa shape index (κ2) is 8.77. The Morgan fingerprint density at radius 2 is 1.97 bits per heavy atom. The summed E-state index contributed by atoms with van der Waals surface area (Å²) in [5.41, 5.74) is 2.95. The van der Waals surface area contributed by atoms with E-state index in [-0.39, 0.29) is 18.4 Å². The quantitative estimate of drug-likeness (QED) is 0.598. The van der Waals surface area contributed by atoms with Gasteiger partial charge in [-0.1, -0.05) is 12.1 Å². The van der Waals surface area contributed by atoms with E-state index in [2.05, 4.69) is 14.9 Å². The minimum atomic E-state index is -0.153. The van der Waals surface area contributed by atoms with Crippen LogP contribution in [0.4, 0.5) is 5.69 Å². The van der Waals surface area contributed by atoms with Gasteiger partial charge in [-0.05, 0) is 49.2 Å². The van der Waals surface area contributed by atoms with E-state index in [4.69, 9.17) is 4.74 Å². The molecule has 7 nitrogen and oxygen atoms in total. The zero-order valence-electron chi connectivity index (χ0n) is 16.2. The summed E-state index contributed by atoms with van der Waals surface area (Å²) < 4.78 is 7.63. The Kier molecular flexibility index (Phi) is 5.74. The molecule has 150 valence electrons. The van der Waals surface area contributed by atoms with Crippen molar-refractivity contribution in [1.82, 2.24) is 14.9 Å². The van der Waals surface area contributed by atoms with Crippen LogP contribution in [0.2, 0.25) is 0 Å². The largest absolute Gasteiger partial charge is 0.484 e. The number of rotatable bonds is 8. The van der Waals surface area contributed by atoms with E-state index in [0.717, 1.165) is 42.7 Å². The van der Waals surface area contributed by atoms with E-state index >= 15 is 0 Å². The maximum Gasteiger partial charge on any atom is 0.257 e. The minimum Gasteiger partial charge on any atom is -0.484 e. The Bertz CT molecular complexity index is 997. The van der Waals surface area contributed by atoms with Crippen molar-refractivity contribution in [2.24, 2.45) is 0 Å². The zero-order chi connectivity index (χ0) is 20.1. The van der Waals surface area contributed by atoms with Crippen LogP contribution >= 0.6 is 0 Å². The van der Waals surface area contributed by atoms with E-state index < -0.39 is 0 Å². The molecule has 1 aliphatic rings. The minimum absolute atomic E-state index is 0.0317. The summed E-state index contributed by atoms with van der Waals surface area (Å²) in [5, 5.41) is 2.87. The van der Waals surface area contributed by atoms with Gasteiger partial charge in [0.15, 0.2) is 6.61 Å². The van der Waals surface area contributed by atoms with Crippen molar-refractivity contribution < 1.29 is 14.3 Å². The maximum atomic E-state index is 12.0. The number of fused-ring (bicyclic) bond motifs is 1. The normalized spacial score (nSPS) is 13.8. The molecule has 2 aromatic carbocycles. The molecule has 0 saturated carbocycles. The van der Waals surface area contributed by atoms with Crippen LogP contribution in [0, 0.1) is 0 Å². The van der Waals surface area contributed by atoms with Gasteiger partial charge in [0.05, 0.1) is 17.4 Å². The van der Waals surface area contributed by atoms with Crippen LogP contribution in [0.15, 0.2) is 54.9 Å². The van der Waals surface area contributed by atoms with Gasteiger partial charge in [0.2, 0.25) is 5.91 Å². The zero-order valence-corrected chi connectivity index (χ0v) is 16.2. The fourth-order valence-corrected chi connectivity index (χ4v) is 3.51. The second-order valence-electron chi connectivity index (χ2n) is 7.06. The lowest BCUT2D eigenvalue weighted by Crippen LogP contribution is -2.30. The molecule has 2 heterocycles. The summed E-state index contributed by atoms with van der Waals surface area (Å²) in [6.07, 6.45) is 4.14. The van der Waals surface area contributed by atoms with Crippen LogP contribution < -0.4 is 15.0 Å². The molecule has 7 heteroatoms. The molecule has 0 unspecified atom stereocenters. The molecule has 4 rings (SSSR count). The number of amides is 2. The van der Waals surface area contributed by atoms with E-state index in [0.29, 0.717) is 18.7 Å². The number of ether oxygens (including phenoxy) is 1. The van der Waals surface area contributed by atoms with E-state index in [1.165, 1.54) is 0 Å². The van der Waals surface area contributed by atoms with Crippen LogP contribution in [-0.2, 0) is 16.1 Å². The van der Waals surface area contributed by atoms with Crippen molar-refractivity contribution >= 4 is 28.5 Å². The first-order valence-corrected chi connectivity index (χ1v) is 9.90. The Hall–Kier alpha value is -3.35. The molecular formula is C22H24N4O3. The van der Waals surface area contributed by atoms with Gasteiger partial charge in [0.25, 0.3) is 5.91 Å². The van der Waals surface area contributed by atoms with Gasteiger partial charge in [-0.15, -0.1) is 0 Å².